The van der Waals surface area contributed by atoms with E-state index in [4.69, 9.17) is 5.11 Å². The summed E-state index contributed by atoms with van der Waals surface area (Å²) in [5, 5.41) is 8.81. The van der Waals surface area contributed by atoms with Gasteiger partial charge in [-0.1, -0.05) is 19.1 Å². The van der Waals surface area contributed by atoms with Crippen LogP contribution in [0, 0.1) is 0 Å². The van der Waals surface area contributed by atoms with E-state index >= 15 is 0 Å². The molecule has 1 atom stereocenters. The van der Waals surface area contributed by atoms with Crippen LogP contribution in [0.25, 0.3) is 0 Å². The van der Waals surface area contributed by atoms with Gasteiger partial charge in [0.15, 0.2) is 0 Å². The van der Waals surface area contributed by atoms with Gasteiger partial charge < -0.3 is 5.11 Å². The van der Waals surface area contributed by atoms with E-state index in [2.05, 4.69) is 0 Å². The van der Waals surface area contributed by atoms with E-state index in [0.29, 0.717) is 0 Å². The number of aromatic carboxylic acids is 1. The Morgan fingerprint density at radius 2 is 2.21 bits per heavy atom. The molecule has 0 heterocycles. The zero-order valence-corrected chi connectivity index (χ0v) is 8.25. The largest absolute Gasteiger partial charge is 0.478 e. The standard InChI is InChI=1S/C11H13FO2/c1-3-8-4-5-9(11(13)14)10(6-8)7(2)12/h4-7H,3H2,1-2H3,(H,13,14). The molecule has 0 saturated heterocycles. The highest BCUT2D eigenvalue weighted by molar-refractivity contribution is 5.89. The molecule has 1 N–H and O–H groups in total. The molecule has 2 nitrogen and oxygen atoms in total. The van der Waals surface area contributed by atoms with Crippen molar-refractivity contribution in [3.05, 3.63) is 34.9 Å². The molecule has 0 radical (unpaired) electrons. The van der Waals surface area contributed by atoms with Crippen LogP contribution in [-0.4, -0.2) is 11.1 Å². The normalized spacial score (nSPS) is 12.5. The number of carboxylic acid groups (broad SMARTS) is 1. The van der Waals surface area contributed by atoms with Gasteiger partial charge in [0, 0.05) is 5.56 Å². The maximum atomic E-state index is 13.1. The fraction of sp³-hybridized carbons (Fsp3) is 0.364. The summed E-state index contributed by atoms with van der Waals surface area (Å²) in [5.74, 6) is -1.08. The van der Waals surface area contributed by atoms with Crippen molar-refractivity contribution in [1.82, 2.24) is 0 Å². The molecule has 0 spiro atoms. The molecule has 1 unspecified atom stereocenters. The summed E-state index contributed by atoms with van der Waals surface area (Å²) in [5.41, 5.74) is 1.27. The third-order valence-corrected chi connectivity index (χ3v) is 2.18. The minimum Gasteiger partial charge on any atom is -0.478 e. The Labute approximate surface area is 82.4 Å². The average molecular weight is 196 g/mol. The van der Waals surface area contributed by atoms with Gasteiger partial charge in [0.2, 0.25) is 0 Å². The first kappa shape index (κ1) is 10.7. The quantitative estimate of drug-likeness (QED) is 0.806. The third kappa shape index (κ3) is 2.10. The van der Waals surface area contributed by atoms with Crippen molar-refractivity contribution >= 4 is 5.97 Å². The Balaban J connectivity index is 3.24. The van der Waals surface area contributed by atoms with Crippen LogP contribution in [0.1, 0.15) is 41.5 Å². The molecule has 3 heteroatoms. The smallest absolute Gasteiger partial charge is 0.336 e. The maximum Gasteiger partial charge on any atom is 0.336 e. The van der Waals surface area contributed by atoms with Crippen LogP contribution in [0.15, 0.2) is 18.2 Å². The molecule has 0 aliphatic rings. The van der Waals surface area contributed by atoms with Crippen molar-refractivity contribution in [2.24, 2.45) is 0 Å². The van der Waals surface area contributed by atoms with E-state index in [1.54, 1.807) is 12.1 Å². The SMILES string of the molecule is CCc1ccc(C(=O)O)c(C(C)F)c1. The first-order valence-electron chi connectivity index (χ1n) is 4.56. The van der Waals surface area contributed by atoms with Crippen LogP contribution in [-0.2, 0) is 6.42 Å². The number of hydrogen-bond acceptors (Lipinski definition) is 1. The summed E-state index contributed by atoms with van der Waals surface area (Å²) in [6.07, 6.45) is -0.466. The second kappa shape index (κ2) is 4.22. The molecular weight excluding hydrogens is 183 g/mol. The van der Waals surface area contributed by atoms with E-state index in [-0.39, 0.29) is 11.1 Å². The Hall–Kier alpha value is -1.38. The molecule has 1 aromatic carbocycles. The van der Waals surface area contributed by atoms with Gasteiger partial charge in [-0.2, -0.15) is 0 Å². The first-order valence-corrected chi connectivity index (χ1v) is 4.56. The molecule has 76 valence electrons. The van der Waals surface area contributed by atoms with Gasteiger partial charge in [0.25, 0.3) is 0 Å². The predicted octanol–water partition coefficient (Wildman–Crippen LogP) is 2.98. The van der Waals surface area contributed by atoms with E-state index in [1.807, 2.05) is 6.92 Å². The van der Waals surface area contributed by atoms with Crippen LogP contribution in [0.3, 0.4) is 0 Å². The van der Waals surface area contributed by atoms with Gasteiger partial charge in [-0.25, -0.2) is 9.18 Å². The molecule has 1 aromatic rings. The van der Waals surface area contributed by atoms with Gasteiger partial charge >= 0.3 is 5.97 Å². The lowest BCUT2D eigenvalue weighted by molar-refractivity contribution is 0.0693. The second-order valence-electron chi connectivity index (χ2n) is 3.20. The summed E-state index contributed by atoms with van der Waals surface area (Å²) in [6, 6.07) is 4.80. The van der Waals surface area contributed by atoms with Crippen LogP contribution in [0.4, 0.5) is 4.39 Å². The van der Waals surface area contributed by atoms with Crippen LogP contribution >= 0.6 is 0 Å². The van der Waals surface area contributed by atoms with E-state index in [9.17, 15) is 9.18 Å². The Kier molecular flexibility index (Phi) is 3.23. The number of alkyl halides is 1. The fourth-order valence-electron chi connectivity index (χ4n) is 1.36. The van der Waals surface area contributed by atoms with Gasteiger partial charge in [0.05, 0.1) is 5.56 Å². The third-order valence-electron chi connectivity index (χ3n) is 2.18. The molecule has 0 aliphatic heterocycles. The van der Waals surface area contributed by atoms with Gasteiger partial charge in [-0.3, -0.25) is 0 Å². The lowest BCUT2D eigenvalue weighted by Crippen LogP contribution is -2.04. The molecule has 14 heavy (non-hydrogen) atoms. The number of carbonyl (C=O) groups is 1. The molecule has 0 saturated carbocycles. The van der Waals surface area contributed by atoms with Crippen LogP contribution < -0.4 is 0 Å². The van der Waals surface area contributed by atoms with Crippen molar-refractivity contribution in [2.75, 3.05) is 0 Å². The number of rotatable bonds is 3. The summed E-state index contributed by atoms with van der Waals surface area (Å²) in [6.45, 7) is 3.30. The molecule has 0 fully saturated rings. The Morgan fingerprint density at radius 1 is 1.57 bits per heavy atom. The summed E-state index contributed by atoms with van der Waals surface area (Å²) in [7, 11) is 0. The van der Waals surface area contributed by atoms with Crippen LogP contribution in [0.5, 0.6) is 0 Å². The second-order valence-corrected chi connectivity index (χ2v) is 3.20. The van der Waals surface area contributed by atoms with Crippen molar-refractivity contribution in [1.29, 1.82) is 0 Å². The first-order chi connectivity index (χ1) is 6.56. The maximum absolute atomic E-state index is 13.1. The highest BCUT2D eigenvalue weighted by Gasteiger charge is 2.14. The highest BCUT2D eigenvalue weighted by Crippen LogP contribution is 2.22. The molecule has 1 rings (SSSR count). The molecule has 0 aliphatic carbocycles. The number of hydrogen-bond donors (Lipinski definition) is 1. The average Bonchev–Trinajstić information content (AvgIpc) is 2.16. The van der Waals surface area contributed by atoms with Crippen molar-refractivity contribution < 1.29 is 14.3 Å². The minimum atomic E-state index is -1.24. The minimum absolute atomic E-state index is 0.0530. The molecular formula is C11H13FO2. The lowest BCUT2D eigenvalue weighted by atomic mass is 10.00. The summed E-state index contributed by atoms with van der Waals surface area (Å²) >= 11 is 0. The zero-order chi connectivity index (χ0) is 10.7. The number of benzene rings is 1. The van der Waals surface area contributed by atoms with Crippen molar-refractivity contribution in [2.45, 2.75) is 26.4 Å². The van der Waals surface area contributed by atoms with Crippen LogP contribution in [0.2, 0.25) is 0 Å². The molecule has 0 bridgehead atoms. The van der Waals surface area contributed by atoms with E-state index in [1.165, 1.54) is 13.0 Å². The van der Waals surface area contributed by atoms with Gasteiger partial charge in [0.1, 0.15) is 6.17 Å². The number of carboxylic acids is 1. The zero-order valence-electron chi connectivity index (χ0n) is 8.25. The number of aryl methyl sites for hydroxylation is 1. The topological polar surface area (TPSA) is 37.3 Å². The Morgan fingerprint density at radius 3 is 2.64 bits per heavy atom. The molecule has 0 amide bonds. The highest BCUT2D eigenvalue weighted by atomic mass is 19.1. The van der Waals surface area contributed by atoms with Crippen molar-refractivity contribution in [3.63, 3.8) is 0 Å². The Bertz CT molecular complexity index is 345. The molecule has 0 aromatic heterocycles. The van der Waals surface area contributed by atoms with Crippen molar-refractivity contribution in [3.8, 4) is 0 Å². The van der Waals surface area contributed by atoms with E-state index in [0.717, 1.165) is 12.0 Å². The number of halogens is 1. The van der Waals surface area contributed by atoms with Gasteiger partial charge in [-0.05, 0) is 25.0 Å². The fourth-order valence-corrected chi connectivity index (χ4v) is 1.36. The van der Waals surface area contributed by atoms with Gasteiger partial charge in [-0.15, -0.1) is 0 Å². The summed E-state index contributed by atoms with van der Waals surface area (Å²) < 4.78 is 13.1. The monoisotopic (exact) mass is 196 g/mol. The lowest BCUT2D eigenvalue weighted by Gasteiger charge is -2.08. The van der Waals surface area contributed by atoms with E-state index < -0.39 is 12.1 Å². The summed E-state index contributed by atoms with van der Waals surface area (Å²) in [4.78, 5) is 10.8. The predicted molar refractivity (Wildman–Crippen MR) is 52.3 cm³/mol.